The van der Waals surface area contributed by atoms with Gasteiger partial charge in [0.1, 0.15) is 5.54 Å². The molecule has 0 aliphatic rings. The van der Waals surface area contributed by atoms with Gasteiger partial charge >= 0.3 is 5.97 Å². The molecule has 0 aliphatic carbocycles. The molecule has 108 valence electrons. The third kappa shape index (κ3) is 4.17. The number of carboxylic acid groups (broad SMARTS) is 1. The van der Waals surface area contributed by atoms with Crippen molar-refractivity contribution in [2.45, 2.75) is 43.8 Å². The Morgan fingerprint density at radius 3 is 2.74 bits per heavy atom. The minimum Gasteiger partial charge on any atom is -0.480 e. The molecule has 7 nitrogen and oxygen atoms in total. The van der Waals surface area contributed by atoms with E-state index in [0.717, 1.165) is 17.3 Å². The first-order valence-corrected chi connectivity index (χ1v) is 7.38. The first-order valence-electron chi connectivity index (χ1n) is 6.39. The second kappa shape index (κ2) is 7.44. The molecule has 1 aromatic heterocycles. The van der Waals surface area contributed by atoms with Crippen LogP contribution in [0.4, 0.5) is 0 Å². The molecular formula is C11H21N5O2S. The number of rotatable bonds is 9. The number of carbonyl (C=O) groups is 1. The van der Waals surface area contributed by atoms with Crippen LogP contribution < -0.4 is 5.32 Å². The minimum absolute atomic E-state index is 0.576. The molecule has 0 aromatic carbocycles. The second-order valence-electron chi connectivity index (χ2n) is 4.31. The highest BCUT2D eigenvalue weighted by atomic mass is 32.2. The van der Waals surface area contributed by atoms with Crippen molar-refractivity contribution in [3.05, 3.63) is 0 Å². The Hall–Kier alpha value is -1.15. The van der Waals surface area contributed by atoms with E-state index in [0.29, 0.717) is 19.4 Å². The number of carboxylic acids is 1. The number of nitrogens with zero attached hydrogens (tertiary/aromatic N) is 4. The lowest BCUT2D eigenvalue weighted by molar-refractivity contribution is -0.145. The molecule has 0 fully saturated rings. The van der Waals surface area contributed by atoms with Gasteiger partial charge in [0.05, 0.1) is 0 Å². The number of hydrogen-bond acceptors (Lipinski definition) is 6. The van der Waals surface area contributed by atoms with Crippen LogP contribution in [0.25, 0.3) is 0 Å². The van der Waals surface area contributed by atoms with Crippen LogP contribution in [0.2, 0.25) is 0 Å². The van der Waals surface area contributed by atoms with E-state index in [1.165, 1.54) is 0 Å². The summed E-state index contributed by atoms with van der Waals surface area (Å²) in [5.41, 5.74) is -0.812. The zero-order valence-electron chi connectivity index (χ0n) is 11.6. The summed E-state index contributed by atoms with van der Waals surface area (Å²) >= 11 is 1.54. The topological polar surface area (TPSA) is 92.9 Å². The van der Waals surface area contributed by atoms with Crippen molar-refractivity contribution in [3.8, 4) is 0 Å². The highest BCUT2D eigenvalue weighted by Gasteiger charge is 2.34. The smallest absolute Gasteiger partial charge is 0.323 e. The molecular weight excluding hydrogens is 266 g/mol. The number of aryl methyl sites for hydroxylation is 1. The van der Waals surface area contributed by atoms with Crippen LogP contribution in [0.1, 0.15) is 33.1 Å². The fourth-order valence-electron chi connectivity index (χ4n) is 1.94. The lowest BCUT2D eigenvalue weighted by atomic mass is 9.91. The maximum atomic E-state index is 11.4. The molecule has 1 unspecified atom stereocenters. The van der Waals surface area contributed by atoms with Gasteiger partial charge in [-0.05, 0) is 36.2 Å². The summed E-state index contributed by atoms with van der Waals surface area (Å²) in [5, 5.41) is 24.4. The minimum atomic E-state index is -0.812. The first-order chi connectivity index (χ1) is 9.05. The largest absolute Gasteiger partial charge is 0.480 e. The zero-order chi connectivity index (χ0) is 14.3. The quantitative estimate of drug-likeness (QED) is 0.515. The van der Waals surface area contributed by atoms with Crippen LogP contribution in [-0.2, 0) is 11.8 Å². The predicted molar refractivity (Wildman–Crippen MR) is 73.1 cm³/mol. The van der Waals surface area contributed by atoms with Crippen molar-refractivity contribution in [1.29, 1.82) is 0 Å². The molecule has 0 bridgehead atoms. The Bertz CT molecular complexity index is 412. The second-order valence-corrected chi connectivity index (χ2v) is 5.37. The van der Waals surface area contributed by atoms with Crippen LogP contribution in [0.15, 0.2) is 5.16 Å². The molecule has 0 saturated carbocycles. The normalized spacial score (nSPS) is 14.3. The lowest BCUT2D eigenvalue weighted by Crippen LogP contribution is -2.51. The Labute approximate surface area is 117 Å². The van der Waals surface area contributed by atoms with E-state index in [9.17, 15) is 9.90 Å². The van der Waals surface area contributed by atoms with Crippen LogP contribution in [0, 0.1) is 0 Å². The van der Waals surface area contributed by atoms with E-state index in [2.05, 4.69) is 20.8 Å². The van der Waals surface area contributed by atoms with E-state index in [4.69, 9.17) is 0 Å². The number of thioether (sulfide) groups is 1. The van der Waals surface area contributed by atoms with Gasteiger partial charge in [-0.3, -0.25) is 4.79 Å². The van der Waals surface area contributed by atoms with Crippen molar-refractivity contribution in [3.63, 3.8) is 0 Å². The molecule has 0 spiro atoms. The zero-order valence-corrected chi connectivity index (χ0v) is 12.4. The van der Waals surface area contributed by atoms with E-state index < -0.39 is 11.5 Å². The number of nitrogens with one attached hydrogen (secondary N) is 1. The summed E-state index contributed by atoms with van der Waals surface area (Å²) in [6, 6.07) is 0. The summed E-state index contributed by atoms with van der Waals surface area (Å²) in [6.45, 7) is 4.48. The Morgan fingerprint density at radius 1 is 1.53 bits per heavy atom. The van der Waals surface area contributed by atoms with E-state index >= 15 is 0 Å². The van der Waals surface area contributed by atoms with Gasteiger partial charge in [0, 0.05) is 12.8 Å². The molecule has 0 radical (unpaired) electrons. The van der Waals surface area contributed by atoms with Gasteiger partial charge in [0.2, 0.25) is 5.16 Å². The molecule has 8 heteroatoms. The highest BCUT2D eigenvalue weighted by Crippen LogP contribution is 2.21. The molecule has 0 amide bonds. The predicted octanol–water partition coefficient (Wildman–Crippen LogP) is 0.925. The van der Waals surface area contributed by atoms with Crippen molar-refractivity contribution in [1.82, 2.24) is 25.5 Å². The number of likely N-dealkylation sites (N-methyl/N-ethyl adjacent to an activating group) is 1. The molecule has 0 saturated heterocycles. The average Bonchev–Trinajstić information content (AvgIpc) is 2.78. The molecule has 1 aromatic rings. The van der Waals surface area contributed by atoms with Gasteiger partial charge in [0.15, 0.2) is 0 Å². The van der Waals surface area contributed by atoms with E-state index in [-0.39, 0.29) is 0 Å². The summed E-state index contributed by atoms with van der Waals surface area (Å²) < 4.78 is 1.61. The summed E-state index contributed by atoms with van der Waals surface area (Å²) in [5.74, 6) is 0.0245. The van der Waals surface area contributed by atoms with Crippen molar-refractivity contribution in [2.24, 2.45) is 7.05 Å². The number of hydrogen-bond donors (Lipinski definition) is 2. The Morgan fingerprint density at radius 2 is 2.26 bits per heavy atom. The van der Waals surface area contributed by atoms with Crippen molar-refractivity contribution in [2.75, 3.05) is 12.3 Å². The average molecular weight is 287 g/mol. The van der Waals surface area contributed by atoms with Gasteiger partial charge in [0.25, 0.3) is 0 Å². The molecule has 1 heterocycles. The molecule has 1 atom stereocenters. The van der Waals surface area contributed by atoms with Gasteiger partial charge in [-0.1, -0.05) is 25.6 Å². The third-order valence-electron chi connectivity index (χ3n) is 3.09. The Balaban J connectivity index is 2.44. The van der Waals surface area contributed by atoms with Crippen LogP contribution in [0.5, 0.6) is 0 Å². The molecule has 0 aliphatic heterocycles. The summed E-state index contributed by atoms with van der Waals surface area (Å²) in [4.78, 5) is 11.4. The number of aliphatic carboxylic acids is 1. The summed E-state index contributed by atoms with van der Waals surface area (Å²) in [7, 11) is 1.79. The van der Waals surface area contributed by atoms with E-state index in [1.54, 1.807) is 23.5 Å². The van der Waals surface area contributed by atoms with Crippen LogP contribution >= 0.6 is 11.8 Å². The summed E-state index contributed by atoms with van der Waals surface area (Å²) in [6.07, 6.45) is 1.97. The maximum absolute atomic E-state index is 11.4. The van der Waals surface area contributed by atoms with Crippen LogP contribution in [0.3, 0.4) is 0 Å². The molecule has 19 heavy (non-hydrogen) atoms. The van der Waals surface area contributed by atoms with Crippen molar-refractivity contribution >= 4 is 17.7 Å². The van der Waals surface area contributed by atoms with Gasteiger partial charge in [-0.15, -0.1) is 5.10 Å². The Kier molecular flexibility index (Phi) is 6.23. The van der Waals surface area contributed by atoms with Gasteiger partial charge in [-0.2, -0.15) is 0 Å². The SMILES string of the molecule is CCNC(CC)(CCCSc1nnnn1C)C(=O)O. The standard InChI is InChI=1S/C11H21N5O2S/c1-4-11(9(17)18,12-5-2)7-6-8-19-10-13-14-15-16(10)3/h12H,4-8H2,1-3H3,(H,17,18). The maximum Gasteiger partial charge on any atom is 0.323 e. The van der Waals surface area contributed by atoms with Gasteiger partial charge < -0.3 is 10.4 Å². The van der Waals surface area contributed by atoms with E-state index in [1.807, 2.05) is 13.8 Å². The fourth-order valence-corrected chi connectivity index (χ4v) is 2.73. The van der Waals surface area contributed by atoms with Crippen molar-refractivity contribution < 1.29 is 9.90 Å². The first kappa shape index (κ1) is 15.9. The molecule has 2 N–H and O–H groups in total. The molecule has 1 rings (SSSR count). The monoisotopic (exact) mass is 287 g/mol. The van der Waals surface area contributed by atoms with Gasteiger partial charge in [-0.25, -0.2) is 4.68 Å². The van der Waals surface area contributed by atoms with Crippen LogP contribution in [-0.4, -0.2) is 49.1 Å². The number of aromatic nitrogens is 4. The third-order valence-corrected chi connectivity index (χ3v) is 4.19. The highest BCUT2D eigenvalue weighted by molar-refractivity contribution is 7.99. The number of tetrazole rings is 1. The fraction of sp³-hybridized carbons (Fsp3) is 0.818. The lowest BCUT2D eigenvalue weighted by Gasteiger charge is -2.29.